The summed E-state index contributed by atoms with van der Waals surface area (Å²) in [6.45, 7) is 1.84. The van der Waals surface area contributed by atoms with Gasteiger partial charge < -0.3 is 9.15 Å². The summed E-state index contributed by atoms with van der Waals surface area (Å²) in [6, 6.07) is 12.1. The van der Waals surface area contributed by atoms with Gasteiger partial charge >= 0.3 is 0 Å². The van der Waals surface area contributed by atoms with Crippen molar-refractivity contribution in [3.8, 4) is 17.1 Å². The van der Waals surface area contributed by atoms with Gasteiger partial charge in [-0.1, -0.05) is 24.3 Å². The molecule has 3 rings (SSSR count). The van der Waals surface area contributed by atoms with Crippen LogP contribution in [0.3, 0.4) is 0 Å². The predicted octanol–water partition coefficient (Wildman–Crippen LogP) is 3.81. The van der Waals surface area contributed by atoms with Gasteiger partial charge in [0.05, 0.1) is 13.3 Å². The Morgan fingerprint density at radius 3 is 2.50 bits per heavy atom. The van der Waals surface area contributed by atoms with Crippen LogP contribution in [0.2, 0.25) is 0 Å². The molecule has 3 aromatic rings. The number of hydrogen-bond acceptors (Lipinski definition) is 3. The van der Waals surface area contributed by atoms with Crippen molar-refractivity contribution in [1.29, 1.82) is 0 Å². The molecule has 0 radical (unpaired) electrons. The molecule has 0 N–H and O–H groups in total. The van der Waals surface area contributed by atoms with Gasteiger partial charge in [-0.25, -0.2) is 4.98 Å². The topological polar surface area (TPSA) is 35.3 Å². The standard InChI is InChI=1S/C15H13NO2/c1-10-16-9-15(18-10)13-7-8-14(17-2)12-6-4-3-5-11(12)13/h3-9H,1-2H3. The minimum absolute atomic E-state index is 0.671. The van der Waals surface area contributed by atoms with Crippen molar-refractivity contribution in [2.24, 2.45) is 0 Å². The van der Waals surface area contributed by atoms with E-state index < -0.39 is 0 Å². The number of benzene rings is 2. The largest absolute Gasteiger partial charge is 0.496 e. The van der Waals surface area contributed by atoms with Crippen LogP contribution >= 0.6 is 0 Å². The Bertz CT molecular complexity index is 701. The zero-order valence-corrected chi connectivity index (χ0v) is 10.3. The molecule has 0 aliphatic carbocycles. The second-order valence-electron chi connectivity index (χ2n) is 4.10. The van der Waals surface area contributed by atoms with Crippen LogP contribution in [0, 0.1) is 6.92 Å². The highest BCUT2D eigenvalue weighted by molar-refractivity contribution is 5.99. The number of aromatic nitrogens is 1. The molecule has 0 unspecified atom stereocenters. The number of fused-ring (bicyclic) bond motifs is 1. The summed E-state index contributed by atoms with van der Waals surface area (Å²) < 4.78 is 11.0. The maximum atomic E-state index is 5.60. The van der Waals surface area contributed by atoms with Gasteiger partial charge in [-0.3, -0.25) is 0 Å². The van der Waals surface area contributed by atoms with E-state index in [9.17, 15) is 0 Å². The number of hydrogen-bond donors (Lipinski definition) is 0. The van der Waals surface area contributed by atoms with Crippen LogP contribution in [0.4, 0.5) is 0 Å². The van der Waals surface area contributed by atoms with Gasteiger partial charge in [0.25, 0.3) is 0 Å². The number of rotatable bonds is 2. The molecule has 0 atom stereocenters. The van der Waals surface area contributed by atoms with E-state index in [1.165, 1.54) is 0 Å². The van der Waals surface area contributed by atoms with E-state index >= 15 is 0 Å². The molecule has 0 bridgehead atoms. The van der Waals surface area contributed by atoms with E-state index in [1.54, 1.807) is 13.3 Å². The highest BCUT2D eigenvalue weighted by Crippen LogP contribution is 2.34. The fraction of sp³-hybridized carbons (Fsp3) is 0.133. The third-order valence-corrected chi connectivity index (χ3v) is 2.99. The van der Waals surface area contributed by atoms with E-state index in [-0.39, 0.29) is 0 Å². The maximum Gasteiger partial charge on any atom is 0.191 e. The number of methoxy groups -OCH3 is 1. The summed E-state index contributed by atoms with van der Waals surface area (Å²) in [5.41, 5.74) is 1.03. The Morgan fingerprint density at radius 2 is 1.83 bits per heavy atom. The molecule has 0 amide bonds. The molecular weight excluding hydrogens is 226 g/mol. The van der Waals surface area contributed by atoms with Crippen molar-refractivity contribution in [3.05, 3.63) is 48.5 Å². The summed E-state index contributed by atoms with van der Waals surface area (Å²) in [6.07, 6.45) is 1.75. The van der Waals surface area contributed by atoms with E-state index in [0.29, 0.717) is 5.89 Å². The van der Waals surface area contributed by atoms with E-state index in [2.05, 4.69) is 11.1 Å². The van der Waals surface area contributed by atoms with Gasteiger partial charge in [0.1, 0.15) is 5.75 Å². The molecule has 0 fully saturated rings. The third kappa shape index (κ3) is 1.64. The van der Waals surface area contributed by atoms with Crippen LogP contribution in [-0.4, -0.2) is 12.1 Å². The lowest BCUT2D eigenvalue weighted by atomic mass is 10.0. The zero-order chi connectivity index (χ0) is 12.5. The summed E-state index contributed by atoms with van der Waals surface area (Å²) in [5, 5.41) is 2.18. The molecule has 18 heavy (non-hydrogen) atoms. The third-order valence-electron chi connectivity index (χ3n) is 2.99. The normalized spacial score (nSPS) is 10.8. The number of ether oxygens (including phenoxy) is 1. The van der Waals surface area contributed by atoms with Crippen molar-refractivity contribution in [2.45, 2.75) is 6.92 Å². The summed E-state index contributed by atoms with van der Waals surface area (Å²) in [4.78, 5) is 4.14. The van der Waals surface area contributed by atoms with Gasteiger partial charge in [0, 0.05) is 17.9 Å². The van der Waals surface area contributed by atoms with Crippen LogP contribution in [-0.2, 0) is 0 Å². The Balaban J connectivity index is 2.31. The molecule has 0 saturated heterocycles. The van der Waals surface area contributed by atoms with Crippen LogP contribution < -0.4 is 4.74 Å². The number of aryl methyl sites for hydroxylation is 1. The molecule has 90 valence electrons. The number of oxazole rings is 1. The van der Waals surface area contributed by atoms with Gasteiger partial charge in [-0.15, -0.1) is 0 Å². The second kappa shape index (κ2) is 4.18. The quantitative estimate of drug-likeness (QED) is 0.682. The average Bonchev–Trinajstić information content (AvgIpc) is 2.84. The van der Waals surface area contributed by atoms with Crippen molar-refractivity contribution in [2.75, 3.05) is 7.11 Å². The van der Waals surface area contributed by atoms with Crippen molar-refractivity contribution < 1.29 is 9.15 Å². The van der Waals surface area contributed by atoms with Crippen molar-refractivity contribution >= 4 is 10.8 Å². The van der Waals surface area contributed by atoms with Crippen molar-refractivity contribution in [1.82, 2.24) is 4.98 Å². The fourth-order valence-corrected chi connectivity index (χ4v) is 2.15. The lowest BCUT2D eigenvalue weighted by Crippen LogP contribution is -1.86. The number of nitrogens with zero attached hydrogens (tertiary/aromatic N) is 1. The van der Waals surface area contributed by atoms with Crippen LogP contribution in [0.25, 0.3) is 22.1 Å². The highest BCUT2D eigenvalue weighted by atomic mass is 16.5. The first kappa shape index (κ1) is 10.8. The summed E-state index contributed by atoms with van der Waals surface area (Å²) in [5.74, 6) is 2.32. The smallest absolute Gasteiger partial charge is 0.191 e. The Labute approximate surface area is 105 Å². The zero-order valence-electron chi connectivity index (χ0n) is 10.3. The maximum absolute atomic E-state index is 5.60. The molecule has 0 aliphatic heterocycles. The monoisotopic (exact) mass is 239 g/mol. The van der Waals surface area contributed by atoms with Gasteiger partial charge in [0.15, 0.2) is 11.7 Å². The summed E-state index contributed by atoms with van der Waals surface area (Å²) in [7, 11) is 1.68. The minimum Gasteiger partial charge on any atom is -0.496 e. The highest BCUT2D eigenvalue weighted by Gasteiger charge is 2.10. The first-order chi connectivity index (χ1) is 8.79. The van der Waals surface area contributed by atoms with E-state index in [1.807, 2.05) is 37.3 Å². The molecule has 0 spiro atoms. The SMILES string of the molecule is COc1ccc(-c2cnc(C)o2)c2ccccc12. The molecule has 0 aliphatic rings. The Kier molecular flexibility index (Phi) is 2.52. The second-order valence-corrected chi connectivity index (χ2v) is 4.10. The van der Waals surface area contributed by atoms with Crippen LogP contribution in [0.1, 0.15) is 5.89 Å². The fourth-order valence-electron chi connectivity index (χ4n) is 2.15. The lowest BCUT2D eigenvalue weighted by Gasteiger charge is -2.08. The summed E-state index contributed by atoms with van der Waals surface area (Å²) >= 11 is 0. The Hall–Kier alpha value is -2.29. The predicted molar refractivity (Wildman–Crippen MR) is 70.7 cm³/mol. The van der Waals surface area contributed by atoms with Crippen LogP contribution in [0.15, 0.2) is 47.0 Å². The lowest BCUT2D eigenvalue weighted by molar-refractivity contribution is 0.420. The van der Waals surface area contributed by atoms with E-state index in [4.69, 9.17) is 9.15 Å². The molecule has 3 heteroatoms. The van der Waals surface area contributed by atoms with Gasteiger partial charge in [0.2, 0.25) is 0 Å². The van der Waals surface area contributed by atoms with Gasteiger partial charge in [-0.05, 0) is 17.5 Å². The first-order valence-corrected chi connectivity index (χ1v) is 5.78. The van der Waals surface area contributed by atoms with Crippen molar-refractivity contribution in [3.63, 3.8) is 0 Å². The molecule has 3 nitrogen and oxygen atoms in total. The minimum atomic E-state index is 0.671. The molecule has 0 saturated carbocycles. The Morgan fingerprint density at radius 1 is 1.06 bits per heavy atom. The van der Waals surface area contributed by atoms with E-state index in [0.717, 1.165) is 27.8 Å². The van der Waals surface area contributed by atoms with Gasteiger partial charge in [-0.2, -0.15) is 0 Å². The average molecular weight is 239 g/mol. The molecular formula is C15H13NO2. The van der Waals surface area contributed by atoms with Crippen LogP contribution in [0.5, 0.6) is 5.75 Å². The molecule has 2 aromatic carbocycles. The molecule has 1 aromatic heterocycles. The first-order valence-electron chi connectivity index (χ1n) is 5.78. The molecule has 1 heterocycles.